The molecule has 0 aliphatic rings. The van der Waals surface area contributed by atoms with Gasteiger partial charge >= 0.3 is 0 Å². The molecule has 0 N–H and O–H groups in total. The smallest absolute Gasteiger partial charge is 0.219 e. The summed E-state index contributed by atoms with van der Waals surface area (Å²) in [6.45, 7) is 9.34. The highest BCUT2D eigenvalue weighted by molar-refractivity contribution is 8.59. The Labute approximate surface area is 141 Å². The minimum atomic E-state index is 0.662. The summed E-state index contributed by atoms with van der Waals surface area (Å²) in [5, 5.41) is 0. The molecule has 0 saturated heterocycles. The first-order valence-electron chi connectivity index (χ1n) is 5.41. The third-order valence-electron chi connectivity index (χ3n) is 1.05. The van der Waals surface area contributed by atoms with Gasteiger partial charge in [-0.3, -0.25) is 0 Å². The van der Waals surface area contributed by atoms with E-state index in [1.807, 2.05) is 13.8 Å². The molecule has 0 aromatic heterocycles. The summed E-state index contributed by atoms with van der Waals surface area (Å²) in [5.41, 5.74) is 0. The van der Waals surface area contributed by atoms with Crippen LogP contribution in [-0.4, -0.2) is 33.5 Å². The lowest BCUT2D eigenvalue weighted by atomic mass is 10.9. The fraction of sp³-hybridized carbons (Fsp3) is 0.800. The van der Waals surface area contributed by atoms with Crippen molar-refractivity contribution in [2.45, 2.75) is 27.7 Å². The van der Waals surface area contributed by atoms with Gasteiger partial charge in [0.05, 0.1) is 13.2 Å². The number of hydrogen-bond donors (Lipinski definition) is 2. The van der Waals surface area contributed by atoms with Crippen LogP contribution in [0.25, 0.3) is 0 Å². The lowest BCUT2D eigenvalue weighted by Gasteiger charge is -1.99. The summed E-state index contributed by atoms with van der Waals surface area (Å²) in [5.74, 6) is 2.00. The zero-order valence-electron chi connectivity index (χ0n) is 11.2. The Bertz CT molecular complexity index is 153. The van der Waals surface area contributed by atoms with Crippen molar-refractivity contribution in [3.8, 4) is 0 Å². The highest BCUT2D eigenvalue weighted by Gasteiger charge is 1.91. The van der Waals surface area contributed by atoms with E-state index in [1.165, 1.54) is 0 Å². The van der Waals surface area contributed by atoms with E-state index in [-0.39, 0.29) is 0 Å². The number of thiol groups is 2. The van der Waals surface area contributed by atoms with E-state index in [0.29, 0.717) is 22.0 Å². The van der Waals surface area contributed by atoms with Crippen molar-refractivity contribution >= 4 is 80.0 Å². The molecule has 0 unspecified atom stereocenters. The molecule has 0 fully saturated rings. The zero-order chi connectivity index (χ0) is 14.8. The van der Waals surface area contributed by atoms with Gasteiger partial charge < -0.3 is 9.47 Å². The van der Waals surface area contributed by atoms with E-state index in [4.69, 9.17) is 33.9 Å². The van der Waals surface area contributed by atoms with E-state index in [0.717, 1.165) is 11.5 Å². The molecule has 0 radical (unpaired) electrons. The lowest BCUT2D eigenvalue weighted by molar-refractivity contribution is 0.346. The first kappa shape index (κ1) is 24.2. The minimum absolute atomic E-state index is 0.662. The van der Waals surface area contributed by atoms with Gasteiger partial charge in [-0.2, -0.15) is 0 Å². The van der Waals surface area contributed by atoms with Crippen LogP contribution < -0.4 is 0 Å². The number of thioether (sulfide) groups is 2. The molecular formula is C10H22O2S6. The van der Waals surface area contributed by atoms with Crippen LogP contribution in [0.15, 0.2) is 0 Å². The highest BCUT2D eigenvalue weighted by Crippen LogP contribution is 2.03. The van der Waals surface area contributed by atoms with Crippen LogP contribution in [-0.2, 0) is 9.47 Å². The Hall–Kier alpha value is 1.18. The standard InChI is InChI=1S/2C5H10OS2.H2S2/c2*1-3-6-5(7)8-4-2;1-2/h2*3-4H2,1-2H3;1-2H. The van der Waals surface area contributed by atoms with Crippen molar-refractivity contribution in [1.29, 1.82) is 0 Å². The van der Waals surface area contributed by atoms with Crippen LogP contribution in [0.2, 0.25) is 0 Å². The molecule has 0 aliphatic carbocycles. The van der Waals surface area contributed by atoms with E-state index >= 15 is 0 Å². The van der Waals surface area contributed by atoms with Crippen molar-refractivity contribution in [3.63, 3.8) is 0 Å². The second-order valence-electron chi connectivity index (χ2n) is 2.23. The first-order chi connectivity index (χ1) is 8.62. The number of ether oxygens (including phenoxy) is 2. The van der Waals surface area contributed by atoms with E-state index in [9.17, 15) is 0 Å². The minimum Gasteiger partial charge on any atom is -0.479 e. The van der Waals surface area contributed by atoms with Gasteiger partial charge in [0.25, 0.3) is 0 Å². The number of thiocarbonyl (C=S) groups is 2. The summed E-state index contributed by atoms with van der Waals surface area (Å²) < 4.78 is 11.3. The average Bonchev–Trinajstić information content (AvgIpc) is 2.34. The third kappa shape index (κ3) is 25.9. The molecule has 0 bridgehead atoms. The van der Waals surface area contributed by atoms with Gasteiger partial charge in [0.2, 0.25) is 8.77 Å². The molecule has 0 amide bonds. The molecule has 18 heavy (non-hydrogen) atoms. The van der Waals surface area contributed by atoms with Crippen LogP contribution in [0.5, 0.6) is 0 Å². The molecule has 8 heteroatoms. The summed E-state index contributed by atoms with van der Waals surface area (Å²) in [6.07, 6.45) is 0. The van der Waals surface area contributed by atoms with Gasteiger partial charge in [0.1, 0.15) is 0 Å². The Morgan fingerprint density at radius 3 is 1.28 bits per heavy atom. The molecule has 0 aromatic carbocycles. The summed E-state index contributed by atoms with van der Waals surface area (Å²) >= 11 is 19.2. The highest BCUT2D eigenvalue weighted by atomic mass is 33.1. The maximum absolute atomic E-state index is 4.98. The molecule has 0 aromatic rings. The molecule has 0 rings (SSSR count). The Morgan fingerprint density at radius 2 is 1.11 bits per heavy atom. The molecule has 2 nitrogen and oxygen atoms in total. The van der Waals surface area contributed by atoms with E-state index in [1.54, 1.807) is 23.5 Å². The predicted octanol–water partition coefficient (Wildman–Crippen LogP) is 4.88. The van der Waals surface area contributed by atoms with Gasteiger partial charge in [0, 0.05) is 0 Å². The maximum Gasteiger partial charge on any atom is 0.219 e. The second-order valence-corrected chi connectivity index (χ2v) is 5.96. The van der Waals surface area contributed by atoms with Crippen LogP contribution >= 0.6 is 71.3 Å². The molecule has 110 valence electrons. The SMILES string of the molecule is CCOC(=S)SCC.CCOC(=S)SCC.SS. The third-order valence-corrected chi connectivity index (χ3v) is 3.28. The van der Waals surface area contributed by atoms with Gasteiger partial charge in [-0.15, -0.1) is 23.3 Å². The van der Waals surface area contributed by atoms with Gasteiger partial charge in [-0.1, -0.05) is 37.4 Å². The normalized spacial score (nSPS) is 8.11. The van der Waals surface area contributed by atoms with Crippen LogP contribution in [0.1, 0.15) is 27.7 Å². The topological polar surface area (TPSA) is 18.5 Å². The lowest BCUT2D eigenvalue weighted by Crippen LogP contribution is -1.95. The Morgan fingerprint density at radius 1 is 0.833 bits per heavy atom. The number of rotatable bonds is 4. The van der Waals surface area contributed by atoms with E-state index in [2.05, 4.69) is 37.2 Å². The molecule has 0 aliphatic heterocycles. The monoisotopic (exact) mass is 366 g/mol. The molecule has 0 heterocycles. The van der Waals surface area contributed by atoms with Crippen molar-refractivity contribution in [2.24, 2.45) is 0 Å². The van der Waals surface area contributed by atoms with Crippen molar-refractivity contribution in [1.82, 2.24) is 0 Å². The van der Waals surface area contributed by atoms with Gasteiger partial charge in [0.15, 0.2) is 0 Å². The van der Waals surface area contributed by atoms with Crippen molar-refractivity contribution in [3.05, 3.63) is 0 Å². The molecule has 0 saturated carbocycles. The van der Waals surface area contributed by atoms with Gasteiger partial charge in [-0.05, 0) is 49.8 Å². The second kappa shape index (κ2) is 23.3. The first-order valence-corrected chi connectivity index (χ1v) is 9.80. The summed E-state index contributed by atoms with van der Waals surface area (Å²) in [4.78, 5) is 0. The Balaban J connectivity index is -0.000000219. The van der Waals surface area contributed by atoms with Crippen molar-refractivity contribution in [2.75, 3.05) is 24.7 Å². The molecular weight excluding hydrogens is 345 g/mol. The van der Waals surface area contributed by atoms with Crippen LogP contribution in [0, 0.1) is 0 Å². The molecule has 0 atom stereocenters. The van der Waals surface area contributed by atoms with Crippen LogP contribution in [0.4, 0.5) is 0 Å². The fourth-order valence-corrected chi connectivity index (χ4v) is 2.37. The quantitative estimate of drug-likeness (QED) is 0.416. The van der Waals surface area contributed by atoms with E-state index < -0.39 is 0 Å². The summed E-state index contributed by atoms with van der Waals surface area (Å²) in [7, 11) is 0. The number of hydrogen-bond acceptors (Lipinski definition) is 8. The van der Waals surface area contributed by atoms with Crippen LogP contribution in [0.3, 0.4) is 0 Å². The summed E-state index contributed by atoms with van der Waals surface area (Å²) in [6, 6.07) is 0. The predicted molar refractivity (Wildman–Crippen MR) is 103 cm³/mol. The molecule has 0 spiro atoms. The zero-order valence-corrected chi connectivity index (χ0v) is 16.2. The maximum atomic E-state index is 4.98. The average molecular weight is 367 g/mol. The van der Waals surface area contributed by atoms with Gasteiger partial charge in [-0.25, -0.2) is 0 Å². The fourth-order valence-electron chi connectivity index (χ4n) is 0.555. The Kier molecular flexibility index (Phi) is 31.3. The van der Waals surface area contributed by atoms with Crippen molar-refractivity contribution < 1.29 is 9.47 Å². The largest absolute Gasteiger partial charge is 0.479 e.